The van der Waals surface area contributed by atoms with Gasteiger partial charge in [-0.1, -0.05) is 37.6 Å². The summed E-state index contributed by atoms with van der Waals surface area (Å²) in [5, 5.41) is -0.120. The van der Waals surface area contributed by atoms with Gasteiger partial charge in [0.15, 0.2) is 0 Å². The summed E-state index contributed by atoms with van der Waals surface area (Å²) in [4.78, 5) is 0. The molecule has 2 atom stereocenters. The number of hydrogen-bond acceptors (Lipinski definition) is 2. The van der Waals surface area contributed by atoms with Crippen molar-refractivity contribution in [2.45, 2.75) is 37.7 Å². The van der Waals surface area contributed by atoms with Crippen LogP contribution in [0.15, 0.2) is 24.3 Å². The predicted octanol–water partition coefficient (Wildman–Crippen LogP) is 3.72. The van der Waals surface area contributed by atoms with E-state index in [-0.39, 0.29) is 11.5 Å². The lowest BCUT2D eigenvalue weighted by Gasteiger charge is -2.27. The van der Waals surface area contributed by atoms with Crippen LogP contribution in [0, 0.1) is 0 Å². The molecule has 1 saturated heterocycles. The molecule has 2 unspecified atom stereocenters. The molecular formula is C15H21ClO2. The van der Waals surface area contributed by atoms with Gasteiger partial charge in [-0.3, -0.25) is 0 Å². The largest absolute Gasteiger partial charge is 0.376 e. The number of halogens is 1. The van der Waals surface area contributed by atoms with E-state index in [0.717, 1.165) is 12.0 Å². The molecule has 1 heterocycles. The summed E-state index contributed by atoms with van der Waals surface area (Å²) in [5.74, 6) is 0. The molecule has 1 aromatic rings. The number of rotatable bonds is 5. The fourth-order valence-electron chi connectivity index (χ4n) is 2.14. The lowest BCUT2D eigenvalue weighted by atomic mass is 10.0. The van der Waals surface area contributed by atoms with Crippen molar-refractivity contribution >= 4 is 11.6 Å². The predicted molar refractivity (Wildman–Crippen MR) is 74.2 cm³/mol. The molecule has 2 rings (SSSR count). The molecule has 100 valence electrons. The van der Waals surface area contributed by atoms with Gasteiger partial charge in [-0.15, -0.1) is 11.6 Å². The molecule has 0 bridgehead atoms. The van der Waals surface area contributed by atoms with Crippen LogP contribution in [0.2, 0.25) is 0 Å². The first kappa shape index (κ1) is 13.9. The Bertz CT molecular complexity index is 344. The number of aryl methyl sites for hydroxylation is 1. The zero-order chi connectivity index (χ0) is 12.8. The number of ether oxygens (including phenoxy) is 2. The third-order valence-electron chi connectivity index (χ3n) is 3.29. The highest BCUT2D eigenvalue weighted by Gasteiger charge is 2.24. The quantitative estimate of drug-likeness (QED) is 0.758. The maximum absolute atomic E-state index is 6.44. The van der Waals surface area contributed by atoms with Gasteiger partial charge >= 0.3 is 0 Å². The van der Waals surface area contributed by atoms with Gasteiger partial charge < -0.3 is 9.47 Å². The smallest absolute Gasteiger partial charge is 0.101 e. The molecule has 1 aliphatic heterocycles. The number of unbranched alkanes of at least 4 members (excludes halogenated alkanes) is 1. The molecule has 0 spiro atoms. The van der Waals surface area contributed by atoms with Crippen molar-refractivity contribution in [3.05, 3.63) is 35.4 Å². The second kappa shape index (κ2) is 7.13. The molecule has 18 heavy (non-hydrogen) atoms. The minimum absolute atomic E-state index is 0.0260. The lowest BCUT2D eigenvalue weighted by molar-refractivity contribution is -0.0892. The monoisotopic (exact) mass is 268 g/mol. The summed E-state index contributed by atoms with van der Waals surface area (Å²) in [5.41, 5.74) is 2.50. The Morgan fingerprint density at radius 2 is 2.06 bits per heavy atom. The standard InChI is InChI=1S/C15H21ClO2/c1-2-3-4-12-5-7-13(8-6-12)15(16)14-11-17-9-10-18-14/h5-8,14-15H,2-4,9-11H2,1H3. The van der Waals surface area contributed by atoms with Crippen LogP contribution in [0.1, 0.15) is 36.3 Å². The van der Waals surface area contributed by atoms with Crippen LogP contribution in [0.25, 0.3) is 0 Å². The van der Waals surface area contributed by atoms with E-state index < -0.39 is 0 Å². The van der Waals surface area contributed by atoms with E-state index in [9.17, 15) is 0 Å². The van der Waals surface area contributed by atoms with Crippen LogP contribution in [0.4, 0.5) is 0 Å². The second-order valence-electron chi connectivity index (χ2n) is 4.73. The fraction of sp³-hybridized carbons (Fsp3) is 0.600. The molecule has 1 aliphatic rings. The zero-order valence-electron chi connectivity index (χ0n) is 10.9. The van der Waals surface area contributed by atoms with Crippen LogP contribution in [0.5, 0.6) is 0 Å². The third kappa shape index (κ3) is 3.71. The number of hydrogen-bond donors (Lipinski definition) is 0. The Hall–Kier alpha value is -0.570. The van der Waals surface area contributed by atoms with Gasteiger partial charge in [-0.25, -0.2) is 0 Å². The first-order chi connectivity index (χ1) is 8.81. The average molecular weight is 269 g/mol. The summed E-state index contributed by atoms with van der Waals surface area (Å²) in [6, 6.07) is 8.56. The van der Waals surface area contributed by atoms with E-state index >= 15 is 0 Å². The van der Waals surface area contributed by atoms with Gasteiger partial charge in [0.25, 0.3) is 0 Å². The molecular weight excluding hydrogens is 248 g/mol. The van der Waals surface area contributed by atoms with E-state index in [1.807, 2.05) is 0 Å². The van der Waals surface area contributed by atoms with Crippen LogP contribution in [-0.2, 0) is 15.9 Å². The van der Waals surface area contributed by atoms with Crippen LogP contribution >= 0.6 is 11.6 Å². The Labute approximate surface area is 114 Å². The van der Waals surface area contributed by atoms with E-state index in [1.54, 1.807) is 0 Å². The highest BCUT2D eigenvalue weighted by atomic mass is 35.5. The number of alkyl halides is 1. The van der Waals surface area contributed by atoms with Crippen molar-refractivity contribution in [2.24, 2.45) is 0 Å². The summed E-state index contributed by atoms with van der Waals surface area (Å²) in [6.07, 6.45) is 3.59. The highest BCUT2D eigenvalue weighted by Crippen LogP contribution is 2.28. The maximum atomic E-state index is 6.44. The summed E-state index contributed by atoms with van der Waals surface area (Å²) in [7, 11) is 0. The molecule has 1 aromatic carbocycles. The summed E-state index contributed by atoms with van der Waals surface area (Å²) in [6.45, 7) is 4.12. The van der Waals surface area contributed by atoms with Gasteiger partial charge in [0.2, 0.25) is 0 Å². The van der Waals surface area contributed by atoms with E-state index in [1.165, 1.54) is 18.4 Å². The average Bonchev–Trinajstić information content (AvgIpc) is 2.46. The van der Waals surface area contributed by atoms with Crippen molar-refractivity contribution in [2.75, 3.05) is 19.8 Å². The van der Waals surface area contributed by atoms with Crippen LogP contribution in [0.3, 0.4) is 0 Å². The highest BCUT2D eigenvalue weighted by molar-refractivity contribution is 6.21. The van der Waals surface area contributed by atoms with E-state index in [2.05, 4.69) is 31.2 Å². The molecule has 0 saturated carbocycles. The topological polar surface area (TPSA) is 18.5 Å². The third-order valence-corrected chi connectivity index (χ3v) is 3.82. The number of benzene rings is 1. The van der Waals surface area contributed by atoms with Gasteiger partial charge in [-0.2, -0.15) is 0 Å². The minimum Gasteiger partial charge on any atom is -0.376 e. The summed E-state index contributed by atoms with van der Waals surface area (Å²) >= 11 is 6.44. The summed E-state index contributed by atoms with van der Waals surface area (Å²) < 4.78 is 11.0. The van der Waals surface area contributed by atoms with Gasteiger partial charge in [0, 0.05) is 0 Å². The van der Waals surface area contributed by atoms with E-state index in [4.69, 9.17) is 21.1 Å². The SMILES string of the molecule is CCCCc1ccc(C(Cl)C2COCCO2)cc1. The van der Waals surface area contributed by atoms with E-state index in [0.29, 0.717) is 19.8 Å². The van der Waals surface area contributed by atoms with Crippen molar-refractivity contribution in [1.29, 1.82) is 0 Å². The Morgan fingerprint density at radius 1 is 1.28 bits per heavy atom. The van der Waals surface area contributed by atoms with Gasteiger partial charge in [0.1, 0.15) is 6.10 Å². The fourth-order valence-corrected chi connectivity index (χ4v) is 2.43. The molecule has 3 heteroatoms. The molecule has 0 aliphatic carbocycles. The Kier molecular flexibility index (Phi) is 5.48. The van der Waals surface area contributed by atoms with Crippen LogP contribution < -0.4 is 0 Å². The Morgan fingerprint density at radius 3 is 2.67 bits per heavy atom. The maximum Gasteiger partial charge on any atom is 0.101 e. The molecule has 2 nitrogen and oxygen atoms in total. The minimum atomic E-state index is -0.120. The van der Waals surface area contributed by atoms with Crippen molar-refractivity contribution in [3.63, 3.8) is 0 Å². The second-order valence-corrected chi connectivity index (χ2v) is 5.20. The normalized spacial score (nSPS) is 21.8. The molecule has 1 fully saturated rings. The lowest BCUT2D eigenvalue weighted by Crippen LogP contribution is -2.31. The molecule has 0 aromatic heterocycles. The molecule has 0 radical (unpaired) electrons. The Balaban J connectivity index is 1.95. The molecule has 0 N–H and O–H groups in total. The first-order valence-electron chi connectivity index (χ1n) is 6.73. The molecule has 0 amide bonds. The first-order valence-corrected chi connectivity index (χ1v) is 7.17. The van der Waals surface area contributed by atoms with Crippen molar-refractivity contribution < 1.29 is 9.47 Å². The van der Waals surface area contributed by atoms with Crippen LogP contribution in [-0.4, -0.2) is 25.9 Å². The van der Waals surface area contributed by atoms with Gasteiger partial charge in [-0.05, 0) is 24.0 Å². The van der Waals surface area contributed by atoms with Crippen molar-refractivity contribution in [3.8, 4) is 0 Å². The van der Waals surface area contributed by atoms with Gasteiger partial charge in [0.05, 0.1) is 25.2 Å². The zero-order valence-corrected chi connectivity index (χ0v) is 11.7. The van der Waals surface area contributed by atoms with Crippen molar-refractivity contribution in [1.82, 2.24) is 0 Å².